The van der Waals surface area contributed by atoms with E-state index < -0.39 is 6.10 Å². The van der Waals surface area contributed by atoms with Crippen molar-refractivity contribution in [3.05, 3.63) is 47.6 Å². The molecule has 114 valence electrons. The topological polar surface area (TPSA) is 55.2 Å². The van der Waals surface area contributed by atoms with Crippen molar-refractivity contribution < 1.29 is 9.84 Å². The third-order valence-electron chi connectivity index (χ3n) is 2.81. The maximum Gasteiger partial charge on any atom is 0.152 e. The van der Waals surface area contributed by atoms with Gasteiger partial charge < -0.3 is 9.84 Å². The number of halogens is 1. The Hall–Kier alpha value is -1.34. The minimum absolute atomic E-state index is 0.194. The molecule has 0 bridgehead atoms. The first kappa shape index (κ1) is 15.6. The summed E-state index contributed by atoms with van der Waals surface area (Å²) < 4.78 is 6.42. The van der Waals surface area contributed by atoms with Crippen molar-refractivity contribution in [1.82, 2.24) is 9.97 Å². The molecule has 3 rings (SSSR count). The summed E-state index contributed by atoms with van der Waals surface area (Å²) in [5.41, 5.74) is 0.886. The van der Waals surface area contributed by atoms with Crippen molar-refractivity contribution in [2.75, 3.05) is 12.4 Å². The number of para-hydroxylation sites is 1. The second-order valence-corrected chi connectivity index (χ2v) is 7.17. The van der Waals surface area contributed by atoms with Gasteiger partial charge in [-0.3, -0.25) is 0 Å². The summed E-state index contributed by atoms with van der Waals surface area (Å²) in [6.07, 6.45) is 1.16. The zero-order chi connectivity index (χ0) is 15.4. The highest BCUT2D eigenvalue weighted by molar-refractivity contribution is 8.01. The van der Waals surface area contributed by atoms with Crippen LogP contribution in [0.5, 0.6) is 5.75 Å². The molecule has 0 saturated heterocycles. The molecule has 0 saturated carbocycles. The number of hydrogen-bond acceptors (Lipinski definition) is 6. The highest BCUT2D eigenvalue weighted by atomic mass is 35.5. The first-order chi connectivity index (χ1) is 10.7. The number of pyridine rings is 1. The van der Waals surface area contributed by atoms with E-state index in [-0.39, 0.29) is 6.61 Å². The molecule has 0 amide bonds. The van der Waals surface area contributed by atoms with E-state index in [4.69, 9.17) is 16.3 Å². The molecule has 0 aliphatic carbocycles. The number of aliphatic hydroxyl groups excluding tert-OH is 1. The normalized spacial score (nSPS) is 12.5. The molecule has 0 aliphatic heterocycles. The molecule has 7 heteroatoms. The van der Waals surface area contributed by atoms with Gasteiger partial charge in [0, 0.05) is 11.9 Å². The van der Waals surface area contributed by atoms with Gasteiger partial charge in [-0.15, -0.1) is 0 Å². The van der Waals surface area contributed by atoms with Crippen molar-refractivity contribution >= 4 is 45.0 Å². The van der Waals surface area contributed by atoms with Gasteiger partial charge in [-0.25, -0.2) is 9.97 Å². The molecule has 0 fully saturated rings. The minimum Gasteiger partial charge on any atom is -0.489 e. The second-order valence-electron chi connectivity index (χ2n) is 4.51. The standard InChI is InChI=1S/C15H13ClN2O2S2/c16-11-4-1-2-6-13(11)20-8-10(19)9-21-15-18-12-5-3-7-17-14(12)22-15/h1-7,10,19H,8-9H2. The predicted molar refractivity (Wildman–Crippen MR) is 91.1 cm³/mol. The molecule has 1 atom stereocenters. The number of ether oxygens (including phenoxy) is 1. The summed E-state index contributed by atoms with van der Waals surface area (Å²) in [7, 11) is 0. The number of nitrogens with zero attached hydrogens (tertiary/aromatic N) is 2. The Kier molecular flexibility index (Phi) is 5.15. The summed E-state index contributed by atoms with van der Waals surface area (Å²) in [4.78, 5) is 9.63. The van der Waals surface area contributed by atoms with Gasteiger partial charge in [0.05, 0.1) is 11.1 Å². The molecule has 4 nitrogen and oxygen atoms in total. The third kappa shape index (κ3) is 3.89. The van der Waals surface area contributed by atoms with E-state index in [1.807, 2.05) is 24.3 Å². The van der Waals surface area contributed by atoms with E-state index in [0.717, 1.165) is 14.7 Å². The minimum atomic E-state index is -0.596. The zero-order valence-corrected chi connectivity index (χ0v) is 13.9. The van der Waals surface area contributed by atoms with Crippen LogP contribution in [0.15, 0.2) is 46.9 Å². The molecule has 1 N–H and O–H groups in total. The van der Waals surface area contributed by atoms with Crippen molar-refractivity contribution in [3.8, 4) is 5.75 Å². The Morgan fingerprint density at radius 3 is 2.95 bits per heavy atom. The lowest BCUT2D eigenvalue weighted by molar-refractivity contribution is 0.126. The van der Waals surface area contributed by atoms with E-state index >= 15 is 0 Å². The van der Waals surface area contributed by atoms with Crippen molar-refractivity contribution in [2.24, 2.45) is 0 Å². The Labute approximate surface area is 141 Å². The van der Waals surface area contributed by atoms with Gasteiger partial charge >= 0.3 is 0 Å². The van der Waals surface area contributed by atoms with Crippen LogP contribution in [0.3, 0.4) is 0 Å². The highest BCUT2D eigenvalue weighted by Gasteiger charge is 2.11. The molecule has 0 spiro atoms. The average Bonchev–Trinajstić information content (AvgIpc) is 2.95. The van der Waals surface area contributed by atoms with Crippen LogP contribution >= 0.6 is 34.7 Å². The fraction of sp³-hybridized carbons (Fsp3) is 0.200. The number of hydrogen-bond donors (Lipinski definition) is 1. The molecule has 0 aliphatic rings. The van der Waals surface area contributed by atoms with Crippen molar-refractivity contribution in [3.63, 3.8) is 0 Å². The van der Waals surface area contributed by atoms with Crippen molar-refractivity contribution in [1.29, 1.82) is 0 Å². The number of rotatable bonds is 6. The number of aliphatic hydroxyl groups is 1. The van der Waals surface area contributed by atoms with Crippen LogP contribution < -0.4 is 4.74 Å². The Bertz CT molecular complexity index is 733. The molecule has 2 heterocycles. The number of benzene rings is 1. The zero-order valence-electron chi connectivity index (χ0n) is 11.5. The lowest BCUT2D eigenvalue weighted by Gasteiger charge is -2.12. The largest absolute Gasteiger partial charge is 0.489 e. The van der Waals surface area contributed by atoms with Gasteiger partial charge in [0.1, 0.15) is 22.7 Å². The van der Waals surface area contributed by atoms with Gasteiger partial charge in [0.15, 0.2) is 4.34 Å². The molecule has 1 aromatic carbocycles. The van der Waals surface area contributed by atoms with Gasteiger partial charge in [-0.2, -0.15) is 0 Å². The van der Waals surface area contributed by atoms with Gasteiger partial charge in [-0.1, -0.05) is 46.8 Å². The molecular formula is C15H13ClN2O2S2. The first-order valence-corrected chi connectivity index (χ1v) is 8.80. The maximum atomic E-state index is 10.0. The SMILES string of the molecule is OC(COc1ccccc1Cl)CSc1nc2cccnc2s1. The Morgan fingerprint density at radius 2 is 2.14 bits per heavy atom. The number of thioether (sulfide) groups is 1. The van der Waals surface area contributed by atoms with Gasteiger partial charge in [0.25, 0.3) is 0 Å². The number of fused-ring (bicyclic) bond motifs is 1. The van der Waals surface area contributed by atoms with E-state index in [1.54, 1.807) is 18.3 Å². The van der Waals surface area contributed by atoms with Crippen LogP contribution in [0, 0.1) is 0 Å². The third-order valence-corrected chi connectivity index (χ3v) is 5.39. The van der Waals surface area contributed by atoms with Crippen LogP contribution in [-0.4, -0.2) is 33.5 Å². The number of thiazole rings is 1. The molecule has 22 heavy (non-hydrogen) atoms. The maximum absolute atomic E-state index is 10.0. The summed E-state index contributed by atoms with van der Waals surface area (Å²) in [5, 5.41) is 10.6. The predicted octanol–water partition coefficient (Wildman–Crippen LogP) is 3.88. The summed E-state index contributed by atoms with van der Waals surface area (Å²) >= 11 is 9.02. The number of aromatic nitrogens is 2. The Morgan fingerprint density at radius 1 is 1.27 bits per heavy atom. The molecule has 3 aromatic rings. The highest BCUT2D eigenvalue weighted by Crippen LogP contribution is 2.28. The first-order valence-electron chi connectivity index (χ1n) is 6.62. The van der Waals surface area contributed by atoms with E-state index in [0.29, 0.717) is 16.5 Å². The molecule has 0 radical (unpaired) electrons. The quantitative estimate of drug-likeness (QED) is 0.682. The van der Waals surface area contributed by atoms with Crippen LogP contribution in [0.1, 0.15) is 0 Å². The van der Waals surface area contributed by atoms with Gasteiger partial charge in [-0.05, 0) is 24.3 Å². The lowest BCUT2D eigenvalue weighted by atomic mass is 10.3. The monoisotopic (exact) mass is 352 g/mol. The fourth-order valence-electron chi connectivity index (χ4n) is 1.78. The smallest absolute Gasteiger partial charge is 0.152 e. The van der Waals surface area contributed by atoms with Gasteiger partial charge in [0.2, 0.25) is 0 Å². The van der Waals surface area contributed by atoms with Crippen LogP contribution in [0.4, 0.5) is 0 Å². The molecule has 2 aromatic heterocycles. The van der Waals surface area contributed by atoms with Crippen LogP contribution in [0.25, 0.3) is 10.3 Å². The molecular weight excluding hydrogens is 340 g/mol. The van der Waals surface area contributed by atoms with E-state index in [9.17, 15) is 5.11 Å². The fourth-order valence-corrected chi connectivity index (χ4v) is 3.88. The van der Waals surface area contributed by atoms with Crippen molar-refractivity contribution in [2.45, 2.75) is 10.4 Å². The summed E-state index contributed by atoms with van der Waals surface area (Å²) in [6.45, 7) is 0.194. The second kappa shape index (κ2) is 7.28. The van der Waals surface area contributed by atoms with Crippen LogP contribution in [0.2, 0.25) is 5.02 Å². The molecule has 1 unspecified atom stereocenters. The average molecular weight is 353 g/mol. The summed E-state index contributed by atoms with van der Waals surface area (Å²) in [6, 6.07) is 11.0. The van der Waals surface area contributed by atoms with Crippen LogP contribution in [-0.2, 0) is 0 Å². The van der Waals surface area contributed by atoms with E-state index in [1.165, 1.54) is 23.1 Å². The van der Waals surface area contributed by atoms with E-state index in [2.05, 4.69) is 9.97 Å². The summed E-state index contributed by atoms with van der Waals surface area (Å²) in [5.74, 6) is 1.09. The Balaban J connectivity index is 1.51. The lowest BCUT2D eigenvalue weighted by Crippen LogP contribution is -2.20.